The second-order valence-electron chi connectivity index (χ2n) is 2.92. The van der Waals surface area contributed by atoms with Crippen molar-refractivity contribution in [2.45, 2.75) is 19.2 Å². The van der Waals surface area contributed by atoms with E-state index >= 15 is 0 Å². The molecule has 2 rings (SSSR count). The van der Waals surface area contributed by atoms with E-state index in [-0.39, 0.29) is 18.6 Å². The molecule has 1 fully saturated rings. The molecule has 0 bridgehead atoms. The molecule has 1 aromatic rings. The highest BCUT2D eigenvalue weighted by Crippen LogP contribution is 2.29. The molecule has 13 heavy (non-hydrogen) atoms. The van der Waals surface area contributed by atoms with E-state index < -0.39 is 0 Å². The summed E-state index contributed by atoms with van der Waals surface area (Å²) in [5.74, 6) is 0. The zero-order chi connectivity index (χ0) is 8.55. The average Bonchev–Trinajstić information content (AvgIpc) is 2.58. The summed E-state index contributed by atoms with van der Waals surface area (Å²) in [6.45, 7) is 2.88. The van der Waals surface area contributed by atoms with Gasteiger partial charge in [-0.1, -0.05) is 11.6 Å². The van der Waals surface area contributed by atoms with Crippen LogP contribution in [0.25, 0.3) is 0 Å². The number of thiophene rings is 1. The summed E-state index contributed by atoms with van der Waals surface area (Å²) >= 11 is 7.38. The lowest BCUT2D eigenvalue weighted by molar-refractivity contribution is 0.104. The van der Waals surface area contributed by atoms with Gasteiger partial charge in [0.2, 0.25) is 0 Å². The van der Waals surface area contributed by atoms with Crippen LogP contribution in [-0.2, 0) is 4.74 Å². The first-order valence-electron chi connectivity index (χ1n) is 3.88. The largest absolute Gasteiger partial charge is 0.357 e. The maximum Gasteiger partial charge on any atom is 0.143 e. The van der Waals surface area contributed by atoms with Gasteiger partial charge in [0.25, 0.3) is 0 Å². The third-order valence-corrected chi connectivity index (χ3v) is 3.08. The fourth-order valence-corrected chi connectivity index (χ4v) is 2.30. The van der Waals surface area contributed by atoms with E-state index in [2.05, 4.69) is 12.2 Å². The zero-order valence-electron chi connectivity index (χ0n) is 7.12. The third kappa shape index (κ3) is 2.58. The topological polar surface area (TPSA) is 21.3 Å². The van der Waals surface area contributed by atoms with Crippen LogP contribution in [0.5, 0.6) is 0 Å². The van der Waals surface area contributed by atoms with Gasteiger partial charge in [-0.2, -0.15) is 0 Å². The van der Waals surface area contributed by atoms with Crippen LogP contribution in [0.2, 0.25) is 4.34 Å². The van der Waals surface area contributed by atoms with Crippen LogP contribution in [0.4, 0.5) is 0 Å². The molecule has 0 radical (unpaired) electrons. The van der Waals surface area contributed by atoms with Gasteiger partial charge in [-0.15, -0.1) is 23.7 Å². The molecule has 0 aliphatic carbocycles. The summed E-state index contributed by atoms with van der Waals surface area (Å²) in [6, 6.07) is 4.34. The van der Waals surface area contributed by atoms with Gasteiger partial charge >= 0.3 is 0 Å². The second-order valence-corrected chi connectivity index (χ2v) is 4.67. The number of rotatable bonds is 1. The van der Waals surface area contributed by atoms with Gasteiger partial charge in [0.1, 0.15) is 6.23 Å². The first kappa shape index (κ1) is 11.3. The van der Waals surface area contributed by atoms with Crippen molar-refractivity contribution in [1.29, 1.82) is 0 Å². The minimum Gasteiger partial charge on any atom is -0.357 e. The minimum atomic E-state index is 0. The molecule has 1 aliphatic rings. The smallest absolute Gasteiger partial charge is 0.143 e. The Morgan fingerprint density at radius 1 is 1.62 bits per heavy atom. The molecule has 1 N–H and O–H groups in total. The third-order valence-electron chi connectivity index (χ3n) is 1.80. The van der Waals surface area contributed by atoms with Gasteiger partial charge in [0.15, 0.2) is 0 Å². The van der Waals surface area contributed by atoms with Crippen LogP contribution in [0.15, 0.2) is 12.1 Å². The molecular weight excluding hydrogens is 229 g/mol. The van der Waals surface area contributed by atoms with Gasteiger partial charge < -0.3 is 4.74 Å². The van der Waals surface area contributed by atoms with Crippen molar-refractivity contribution in [2.24, 2.45) is 0 Å². The summed E-state index contributed by atoms with van der Waals surface area (Å²) in [5.41, 5.74) is 0. The first-order valence-corrected chi connectivity index (χ1v) is 5.08. The Morgan fingerprint density at radius 2 is 2.38 bits per heavy atom. The molecule has 0 amide bonds. The molecular formula is C8H11Cl2NOS. The van der Waals surface area contributed by atoms with Crippen molar-refractivity contribution in [3.63, 3.8) is 0 Å². The van der Waals surface area contributed by atoms with Crippen LogP contribution in [-0.4, -0.2) is 12.6 Å². The summed E-state index contributed by atoms with van der Waals surface area (Å²) in [7, 11) is 0. The lowest BCUT2D eigenvalue weighted by Gasteiger charge is -2.06. The molecule has 2 atom stereocenters. The Kier molecular flexibility index (Phi) is 4.01. The molecule has 74 valence electrons. The molecule has 1 aromatic heterocycles. The van der Waals surface area contributed by atoms with Crippen molar-refractivity contribution in [3.8, 4) is 0 Å². The van der Waals surface area contributed by atoms with E-state index in [1.165, 1.54) is 0 Å². The highest BCUT2D eigenvalue weighted by atomic mass is 35.5. The highest BCUT2D eigenvalue weighted by Gasteiger charge is 2.23. The Bertz CT molecular complexity index is 279. The van der Waals surface area contributed by atoms with E-state index in [1.54, 1.807) is 11.3 Å². The van der Waals surface area contributed by atoms with Crippen LogP contribution in [0.3, 0.4) is 0 Å². The molecule has 2 unspecified atom stereocenters. The van der Waals surface area contributed by atoms with Crippen molar-refractivity contribution < 1.29 is 4.74 Å². The van der Waals surface area contributed by atoms with Gasteiger partial charge in [-0.05, 0) is 19.1 Å². The molecule has 0 saturated carbocycles. The molecule has 0 aromatic carbocycles. The standard InChI is InChI=1S/C8H10ClNOS.ClH/c1-5-4-11-8(10-5)6-2-3-7(9)12-6;/h2-3,5,8,10H,4H2,1H3;1H. The fraction of sp³-hybridized carbons (Fsp3) is 0.500. The predicted molar refractivity (Wildman–Crippen MR) is 57.9 cm³/mol. The zero-order valence-corrected chi connectivity index (χ0v) is 9.51. The lowest BCUT2D eigenvalue weighted by atomic mass is 10.4. The van der Waals surface area contributed by atoms with E-state index in [0.29, 0.717) is 6.04 Å². The summed E-state index contributed by atoms with van der Waals surface area (Å²) < 4.78 is 6.32. The van der Waals surface area contributed by atoms with Crippen molar-refractivity contribution in [3.05, 3.63) is 21.3 Å². The number of ether oxygens (including phenoxy) is 1. The first-order chi connectivity index (χ1) is 5.75. The maximum atomic E-state index is 5.81. The number of hydrogen-bond donors (Lipinski definition) is 1. The SMILES string of the molecule is CC1COC(c2ccc(Cl)s2)N1.Cl. The number of hydrogen-bond acceptors (Lipinski definition) is 3. The molecule has 1 aliphatic heterocycles. The second kappa shape index (κ2) is 4.62. The number of halogens is 2. The minimum absolute atomic E-state index is 0. The summed E-state index contributed by atoms with van der Waals surface area (Å²) in [6.07, 6.45) is 0.0532. The quantitative estimate of drug-likeness (QED) is 0.814. The lowest BCUT2D eigenvalue weighted by Crippen LogP contribution is -2.21. The van der Waals surface area contributed by atoms with Crippen LogP contribution in [0.1, 0.15) is 18.0 Å². The Balaban J connectivity index is 0.000000845. The molecule has 5 heteroatoms. The van der Waals surface area contributed by atoms with Gasteiger partial charge in [-0.3, -0.25) is 5.32 Å². The Morgan fingerprint density at radius 3 is 2.85 bits per heavy atom. The summed E-state index contributed by atoms with van der Waals surface area (Å²) in [4.78, 5) is 1.16. The van der Waals surface area contributed by atoms with Crippen molar-refractivity contribution >= 4 is 35.3 Å². The Labute approximate surface area is 92.6 Å². The van der Waals surface area contributed by atoms with Gasteiger partial charge in [-0.25, -0.2) is 0 Å². The predicted octanol–water partition coefficient (Wildman–Crippen LogP) is 2.83. The molecule has 0 spiro atoms. The van der Waals surface area contributed by atoms with E-state index in [0.717, 1.165) is 15.8 Å². The fourth-order valence-electron chi connectivity index (χ4n) is 1.23. The van der Waals surface area contributed by atoms with Gasteiger partial charge in [0.05, 0.1) is 10.9 Å². The van der Waals surface area contributed by atoms with Crippen molar-refractivity contribution in [1.82, 2.24) is 5.32 Å². The molecule has 2 heterocycles. The van der Waals surface area contributed by atoms with Crippen LogP contribution in [0, 0.1) is 0 Å². The number of nitrogens with one attached hydrogen (secondary N) is 1. The van der Waals surface area contributed by atoms with E-state index in [1.807, 2.05) is 12.1 Å². The maximum absolute atomic E-state index is 5.81. The monoisotopic (exact) mass is 239 g/mol. The van der Waals surface area contributed by atoms with Crippen LogP contribution >= 0.6 is 35.3 Å². The Hall–Kier alpha value is 0.200. The highest BCUT2D eigenvalue weighted by molar-refractivity contribution is 7.16. The normalized spacial score (nSPS) is 27.2. The summed E-state index contributed by atoms with van der Waals surface area (Å²) in [5, 5.41) is 3.31. The average molecular weight is 240 g/mol. The van der Waals surface area contributed by atoms with E-state index in [9.17, 15) is 0 Å². The molecule has 1 saturated heterocycles. The van der Waals surface area contributed by atoms with Crippen LogP contribution < -0.4 is 5.32 Å². The molecule has 2 nitrogen and oxygen atoms in total. The van der Waals surface area contributed by atoms with E-state index in [4.69, 9.17) is 16.3 Å². The van der Waals surface area contributed by atoms with Crippen molar-refractivity contribution in [2.75, 3.05) is 6.61 Å². The van der Waals surface area contributed by atoms with Gasteiger partial charge in [0, 0.05) is 10.9 Å².